The van der Waals surface area contributed by atoms with E-state index in [4.69, 9.17) is 4.42 Å². The van der Waals surface area contributed by atoms with Crippen LogP contribution in [0.3, 0.4) is 0 Å². The van der Waals surface area contributed by atoms with Gasteiger partial charge in [0.2, 0.25) is 5.91 Å². The van der Waals surface area contributed by atoms with E-state index in [1.165, 1.54) is 6.92 Å². The van der Waals surface area contributed by atoms with Crippen molar-refractivity contribution >= 4 is 17.7 Å². The summed E-state index contributed by atoms with van der Waals surface area (Å²) in [5.74, 6) is -1.75. The fourth-order valence-electron chi connectivity index (χ4n) is 4.64. The number of carboxylic acids is 1. The number of hydrogen-bond acceptors (Lipinski definition) is 4. The van der Waals surface area contributed by atoms with Gasteiger partial charge in [0.15, 0.2) is 11.5 Å². The molecule has 1 aromatic heterocycles. The molecule has 1 spiro atoms. The summed E-state index contributed by atoms with van der Waals surface area (Å²) in [6.45, 7) is 1.57. The van der Waals surface area contributed by atoms with Crippen LogP contribution in [0.15, 0.2) is 28.7 Å². The third-order valence-electron chi connectivity index (χ3n) is 5.87. The lowest BCUT2D eigenvalue weighted by molar-refractivity contribution is -0.147. The number of carbonyl (C=O) groups excluding carboxylic acids is 2. The number of carboxylic acid groups (broad SMARTS) is 1. The average Bonchev–Trinajstić information content (AvgIpc) is 2.95. The summed E-state index contributed by atoms with van der Waals surface area (Å²) in [7, 11) is 0. The Kier molecular flexibility index (Phi) is 3.20. The number of hydrogen-bond donors (Lipinski definition) is 2. The molecule has 1 unspecified atom stereocenters. The molecule has 126 valence electrons. The van der Waals surface area contributed by atoms with Gasteiger partial charge in [-0.25, -0.2) is 0 Å². The van der Waals surface area contributed by atoms with Crippen molar-refractivity contribution < 1.29 is 23.9 Å². The minimum Gasteiger partial charge on any atom is -0.481 e. The van der Waals surface area contributed by atoms with Crippen LogP contribution in [0, 0.1) is 29.1 Å². The molecule has 0 radical (unpaired) electrons. The van der Waals surface area contributed by atoms with Gasteiger partial charge in [-0.15, -0.1) is 0 Å². The van der Waals surface area contributed by atoms with Gasteiger partial charge in [-0.2, -0.15) is 0 Å². The van der Waals surface area contributed by atoms with Gasteiger partial charge < -0.3 is 14.8 Å². The van der Waals surface area contributed by atoms with Crippen LogP contribution in [0.4, 0.5) is 0 Å². The van der Waals surface area contributed by atoms with E-state index in [1.807, 2.05) is 12.2 Å². The number of furan rings is 1. The zero-order valence-electron chi connectivity index (χ0n) is 13.3. The fraction of sp³-hybridized carbons (Fsp3) is 0.500. The van der Waals surface area contributed by atoms with E-state index in [0.717, 1.165) is 12.8 Å². The second-order valence-corrected chi connectivity index (χ2v) is 7.10. The Labute approximate surface area is 138 Å². The minimum atomic E-state index is -0.893. The maximum atomic E-state index is 12.7. The van der Waals surface area contributed by atoms with Crippen LogP contribution >= 0.6 is 0 Å². The lowest BCUT2D eigenvalue weighted by Crippen LogP contribution is -2.39. The summed E-state index contributed by atoms with van der Waals surface area (Å²) in [5.41, 5.74) is 0.0115. The van der Waals surface area contributed by atoms with Crippen LogP contribution in [0.5, 0.6) is 0 Å². The summed E-state index contributed by atoms with van der Waals surface area (Å²) < 4.78 is 5.35. The number of aliphatic carboxylic acids is 1. The molecular weight excluding hydrogens is 310 g/mol. The first-order valence-electron chi connectivity index (χ1n) is 8.22. The van der Waals surface area contributed by atoms with Crippen LogP contribution in [0.2, 0.25) is 0 Å². The molecule has 0 saturated heterocycles. The highest BCUT2D eigenvalue weighted by Gasteiger charge is 2.70. The predicted molar refractivity (Wildman–Crippen MR) is 83.0 cm³/mol. The molecule has 4 rings (SSSR count). The topological polar surface area (TPSA) is 96.6 Å². The normalized spacial score (nSPS) is 31.4. The van der Waals surface area contributed by atoms with E-state index in [2.05, 4.69) is 5.32 Å². The maximum Gasteiger partial charge on any atom is 0.307 e. The number of nitrogens with one attached hydrogen (secondary N) is 1. The first-order chi connectivity index (χ1) is 11.4. The second-order valence-electron chi connectivity index (χ2n) is 7.10. The number of amides is 1. The fourth-order valence-corrected chi connectivity index (χ4v) is 4.64. The Balaban J connectivity index is 1.48. The van der Waals surface area contributed by atoms with Crippen molar-refractivity contribution in [2.24, 2.45) is 29.1 Å². The molecule has 1 heterocycles. The summed E-state index contributed by atoms with van der Waals surface area (Å²) in [6, 6.07) is 3.22. The summed E-state index contributed by atoms with van der Waals surface area (Å²) in [5, 5.41) is 12.4. The summed E-state index contributed by atoms with van der Waals surface area (Å²) in [4.78, 5) is 35.6. The minimum absolute atomic E-state index is 0.0115. The number of ketones is 1. The Hall–Kier alpha value is -2.37. The highest BCUT2D eigenvalue weighted by Crippen LogP contribution is 2.71. The molecule has 1 amide bonds. The average molecular weight is 329 g/mol. The molecule has 2 N–H and O–H groups in total. The molecule has 6 heteroatoms. The molecule has 2 fully saturated rings. The van der Waals surface area contributed by atoms with Crippen molar-refractivity contribution in [2.75, 3.05) is 0 Å². The van der Waals surface area contributed by atoms with Crippen molar-refractivity contribution in [2.45, 2.75) is 26.3 Å². The van der Waals surface area contributed by atoms with Gasteiger partial charge in [-0.1, -0.05) is 12.2 Å². The van der Waals surface area contributed by atoms with Gasteiger partial charge in [0.05, 0.1) is 18.4 Å². The SMILES string of the molecule is CC(=O)c1ccc(CNC(=O)C2[C@H](C(=O)O)[C@H]3C=C[C@@H]2C32CC2)o1. The van der Waals surface area contributed by atoms with E-state index >= 15 is 0 Å². The van der Waals surface area contributed by atoms with E-state index in [0.29, 0.717) is 5.76 Å². The van der Waals surface area contributed by atoms with Crippen LogP contribution < -0.4 is 5.32 Å². The molecule has 6 nitrogen and oxygen atoms in total. The quantitative estimate of drug-likeness (QED) is 0.636. The number of allylic oxidation sites excluding steroid dienone is 2. The molecule has 3 aliphatic carbocycles. The second kappa shape index (κ2) is 5.06. The van der Waals surface area contributed by atoms with Gasteiger partial charge in [-0.3, -0.25) is 14.4 Å². The Morgan fingerprint density at radius 3 is 2.42 bits per heavy atom. The molecule has 1 aromatic rings. The number of rotatable bonds is 5. The monoisotopic (exact) mass is 329 g/mol. The van der Waals surface area contributed by atoms with Crippen molar-refractivity contribution in [3.05, 3.63) is 35.8 Å². The van der Waals surface area contributed by atoms with Crippen molar-refractivity contribution in [3.63, 3.8) is 0 Å². The lowest BCUT2D eigenvalue weighted by atomic mass is 9.82. The third-order valence-corrected chi connectivity index (χ3v) is 5.87. The highest BCUT2D eigenvalue weighted by atomic mass is 16.4. The molecule has 2 bridgehead atoms. The summed E-state index contributed by atoms with van der Waals surface area (Å²) in [6.07, 6.45) is 6.03. The number of carbonyl (C=O) groups is 3. The van der Waals surface area contributed by atoms with E-state index in [1.54, 1.807) is 12.1 Å². The molecule has 3 aliphatic rings. The van der Waals surface area contributed by atoms with Gasteiger partial charge in [-0.05, 0) is 42.2 Å². The van der Waals surface area contributed by atoms with Gasteiger partial charge in [0, 0.05) is 6.92 Å². The van der Waals surface area contributed by atoms with Crippen LogP contribution in [0.25, 0.3) is 0 Å². The highest BCUT2D eigenvalue weighted by molar-refractivity contribution is 5.91. The van der Waals surface area contributed by atoms with Crippen LogP contribution in [-0.4, -0.2) is 22.8 Å². The zero-order valence-corrected chi connectivity index (χ0v) is 13.3. The van der Waals surface area contributed by atoms with Crippen molar-refractivity contribution in [1.29, 1.82) is 0 Å². The van der Waals surface area contributed by atoms with Gasteiger partial charge in [0.25, 0.3) is 0 Å². The molecule has 24 heavy (non-hydrogen) atoms. The van der Waals surface area contributed by atoms with Crippen LogP contribution in [-0.2, 0) is 16.1 Å². The molecule has 0 aromatic carbocycles. The molecule has 0 aliphatic heterocycles. The third kappa shape index (κ3) is 2.05. The van der Waals surface area contributed by atoms with E-state index in [-0.39, 0.29) is 41.2 Å². The standard InChI is InChI=1S/C18H19NO5/c1-9(20)13-5-2-10(24-13)8-19-16(21)14-11-3-4-12(15(14)17(22)23)18(11)6-7-18/h2-5,11-12,14-15H,6-8H2,1H3,(H,19,21)(H,22,23)/t11-,12+,14?,15+/m0/s1. The Morgan fingerprint density at radius 2 is 1.88 bits per heavy atom. The van der Waals surface area contributed by atoms with Crippen molar-refractivity contribution in [3.8, 4) is 0 Å². The molecular formula is C18H19NO5. The van der Waals surface area contributed by atoms with Crippen LogP contribution in [0.1, 0.15) is 36.1 Å². The first kappa shape index (κ1) is 15.2. The van der Waals surface area contributed by atoms with E-state index in [9.17, 15) is 19.5 Å². The summed E-state index contributed by atoms with van der Waals surface area (Å²) >= 11 is 0. The zero-order chi connectivity index (χ0) is 17.1. The van der Waals surface area contributed by atoms with Crippen molar-refractivity contribution in [1.82, 2.24) is 5.32 Å². The lowest BCUT2D eigenvalue weighted by Gasteiger charge is -2.23. The molecule has 2 saturated carbocycles. The van der Waals surface area contributed by atoms with Gasteiger partial charge in [0.1, 0.15) is 5.76 Å². The van der Waals surface area contributed by atoms with E-state index < -0.39 is 17.8 Å². The number of Topliss-reactive ketones (excluding diaryl/α,β-unsaturated/α-hetero) is 1. The van der Waals surface area contributed by atoms with Gasteiger partial charge >= 0.3 is 5.97 Å². The predicted octanol–water partition coefficient (Wildman–Crippen LogP) is 2.01. The first-order valence-corrected chi connectivity index (χ1v) is 8.22. The maximum absolute atomic E-state index is 12.7. The Bertz CT molecular complexity index is 757. The Morgan fingerprint density at radius 1 is 1.21 bits per heavy atom. The molecule has 4 atom stereocenters. The largest absolute Gasteiger partial charge is 0.481 e. The smallest absolute Gasteiger partial charge is 0.307 e.